The maximum Gasteiger partial charge on any atom is 0.0434 e. The summed E-state index contributed by atoms with van der Waals surface area (Å²) in [6.45, 7) is 11.3. The second-order valence-electron chi connectivity index (χ2n) is 8.54. The Morgan fingerprint density at radius 1 is 0.833 bits per heavy atom. The van der Waals surface area contributed by atoms with E-state index in [1.165, 1.54) is 44.5 Å². The van der Waals surface area contributed by atoms with Crippen molar-refractivity contribution in [1.29, 1.82) is 0 Å². The fraction of sp³-hybridized carbons (Fsp3) is 0.393. The van der Waals surface area contributed by atoms with Gasteiger partial charge in [0.2, 0.25) is 0 Å². The first kappa shape index (κ1) is 22.2. The molecule has 3 rings (SSSR count). The largest absolute Gasteiger partial charge is 0.396 e. The van der Waals surface area contributed by atoms with Crippen LogP contribution in [0.5, 0.6) is 0 Å². The average Bonchev–Trinajstić information content (AvgIpc) is 2.74. The van der Waals surface area contributed by atoms with Crippen molar-refractivity contribution in [1.82, 2.24) is 4.98 Å². The Balaban J connectivity index is 2.03. The van der Waals surface area contributed by atoms with Gasteiger partial charge < -0.3 is 5.11 Å². The van der Waals surface area contributed by atoms with E-state index in [4.69, 9.17) is 5.11 Å². The van der Waals surface area contributed by atoms with E-state index in [9.17, 15) is 0 Å². The lowest BCUT2D eigenvalue weighted by Gasteiger charge is -2.34. The summed E-state index contributed by atoms with van der Waals surface area (Å²) in [7, 11) is 0. The molecule has 1 aromatic heterocycles. The number of aliphatic hydroxyl groups is 1. The molecule has 0 aliphatic rings. The minimum atomic E-state index is 0.00835. The minimum absolute atomic E-state index is 0.00835. The van der Waals surface area contributed by atoms with Crippen LogP contribution in [0.15, 0.2) is 54.9 Å². The molecule has 3 aromatic rings. The number of pyridine rings is 1. The summed E-state index contributed by atoms with van der Waals surface area (Å²) in [5.41, 5.74) is 10.4. The molecule has 2 nitrogen and oxygen atoms in total. The van der Waals surface area contributed by atoms with Crippen LogP contribution in [0.1, 0.15) is 66.5 Å². The van der Waals surface area contributed by atoms with Crippen LogP contribution in [0.3, 0.4) is 0 Å². The van der Waals surface area contributed by atoms with Gasteiger partial charge in [0.1, 0.15) is 0 Å². The molecule has 0 amide bonds. The fourth-order valence-corrected chi connectivity index (χ4v) is 4.76. The molecule has 158 valence electrons. The highest BCUT2D eigenvalue weighted by molar-refractivity contribution is 5.68. The zero-order valence-electron chi connectivity index (χ0n) is 19.1. The lowest BCUT2D eigenvalue weighted by atomic mass is 9.69. The Morgan fingerprint density at radius 3 is 2.07 bits per heavy atom. The third kappa shape index (κ3) is 4.34. The predicted molar refractivity (Wildman–Crippen MR) is 127 cm³/mol. The Kier molecular flexibility index (Phi) is 7.10. The standard InChI is InChI=1S/C28H35NO/c1-6-28(7-2,25-11-10-23(9-8-14-30)21(4)16-25)26-12-13-27(22(5)17-26)24-15-20(3)18-29-19-24/h10-13,15-19,30H,6-9,14H2,1-5H3. The molecule has 0 radical (unpaired) electrons. The molecule has 30 heavy (non-hydrogen) atoms. The summed E-state index contributed by atoms with van der Waals surface area (Å²) in [5.74, 6) is 0. The van der Waals surface area contributed by atoms with E-state index in [0.29, 0.717) is 0 Å². The summed E-state index contributed by atoms with van der Waals surface area (Å²) in [6, 6.07) is 16.1. The van der Waals surface area contributed by atoms with Gasteiger partial charge in [0.25, 0.3) is 0 Å². The molecule has 0 atom stereocenters. The van der Waals surface area contributed by atoms with E-state index < -0.39 is 0 Å². The van der Waals surface area contributed by atoms with Gasteiger partial charge in [-0.25, -0.2) is 0 Å². The van der Waals surface area contributed by atoms with Gasteiger partial charge in [-0.2, -0.15) is 0 Å². The van der Waals surface area contributed by atoms with Crippen molar-refractivity contribution < 1.29 is 5.11 Å². The number of aliphatic hydroxyl groups excluding tert-OH is 1. The summed E-state index contributed by atoms with van der Waals surface area (Å²) in [6.07, 6.45) is 7.73. The van der Waals surface area contributed by atoms with Crippen molar-refractivity contribution in [3.63, 3.8) is 0 Å². The Bertz CT molecular complexity index is 1000. The molecule has 0 aliphatic carbocycles. The Morgan fingerprint density at radius 2 is 1.50 bits per heavy atom. The van der Waals surface area contributed by atoms with Gasteiger partial charge in [-0.05, 0) is 91.5 Å². The molecular formula is C28H35NO. The van der Waals surface area contributed by atoms with Crippen molar-refractivity contribution >= 4 is 0 Å². The van der Waals surface area contributed by atoms with E-state index in [2.05, 4.69) is 82.1 Å². The van der Waals surface area contributed by atoms with Crippen LogP contribution in [0, 0.1) is 20.8 Å². The number of aryl methyl sites for hydroxylation is 4. The maximum atomic E-state index is 9.17. The number of rotatable bonds is 8. The zero-order valence-corrected chi connectivity index (χ0v) is 19.1. The highest BCUT2D eigenvalue weighted by Crippen LogP contribution is 2.41. The SMILES string of the molecule is CCC(CC)(c1ccc(CCCO)c(C)c1)c1ccc(-c2cncc(C)c2)c(C)c1. The Hall–Kier alpha value is -2.45. The van der Waals surface area contributed by atoms with Crippen molar-refractivity contribution in [3.8, 4) is 11.1 Å². The molecule has 0 unspecified atom stereocenters. The number of hydrogen-bond acceptors (Lipinski definition) is 2. The number of aromatic nitrogens is 1. The summed E-state index contributed by atoms with van der Waals surface area (Å²) >= 11 is 0. The van der Waals surface area contributed by atoms with Crippen LogP contribution >= 0.6 is 0 Å². The molecule has 0 saturated carbocycles. The normalized spacial score (nSPS) is 11.7. The third-order valence-corrected chi connectivity index (χ3v) is 6.67. The Labute approximate surface area is 182 Å². The number of hydrogen-bond donors (Lipinski definition) is 1. The van der Waals surface area contributed by atoms with Gasteiger partial charge in [-0.3, -0.25) is 4.98 Å². The van der Waals surface area contributed by atoms with E-state index in [1.54, 1.807) is 0 Å². The van der Waals surface area contributed by atoms with E-state index in [0.717, 1.165) is 25.7 Å². The van der Waals surface area contributed by atoms with E-state index >= 15 is 0 Å². The molecule has 0 bridgehead atoms. The number of nitrogens with zero attached hydrogens (tertiary/aromatic N) is 1. The minimum Gasteiger partial charge on any atom is -0.396 e. The maximum absolute atomic E-state index is 9.17. The van der Waals surface area contributed by atoms with E-state index in [-0.39, 0.29) is 12.0 Å². The van der Waals surface area contributed by atoms with E-state index in [1.807, 2.05) is 12.4 Å². The first-order valence-corrected chi connectivity index (χ1v) is 11.2. The van der Waals surface area contributed by atoms with Crippen LogP contribution < -0.4 is 0 Å². The highest BCUT2D eigenvalue weighted by atomic mass is 16.2. The van der Waals surface area contributed by atoms with Gasteiger partial charge in [-0.1, -0.05) is 50.2 Å². The molecule has 2 heteroatoms. The van der Waals surface area contributed by atoms with Gasteiger partial charge in [0, 0.05) is 30.0 Å². The lowest BCUT2D eigenvalue weighted by molar-refractivity contribution is 0.288. The quantitative estimate of drug-likeness (QED) is 0.455. The van der Waals surface area contributed by atoms with Crippen LogP contribution in [-0.2, 0) is 11.8 Å². The molecule has 0 spiro atoms. The average molecular weight is 402 g/mol. The third-order valence-electron chi connectivity index (χ3n) is 6.67. The second-order valence-corrected chi connectivity index (χ2v) is 8.54. The summed E-state index contributed by atoms with van der Waals surface area (Å²) in [4.78, 5) is 4.38. The van der Waals surface area contributed by atoms with Crippen LogP contribution in [0.2, 0.25) is 0 Å². The molecule has 0 fully saturated rings. The van der Waals surface area contributed by atoms with Crippen LogP contribution in [0.25, 0.3) is 11.1 Å². The molecule has 0 saturated heterocycles. The predicted octanol–water partition coefficient (Wildman–Crippen LogP) is 6.70. The first-order valence-electron chi connectivity index (χ1n) is 11.2. The van der Waals surface area contributed by atoms with Crippen LogP contribution in [-0.4, -0.2) is 16.7 Å². The molecule has 1 heterocycles. The monoisotopic (exact) mass is 401 g/mol. The zero-order chi connectivity index (χ0) is 21.7. The molecular weight excluding hydrogens is 366 g/mol. The van der Waals surface area contributed by atoms with Crippen molar-refractivity contribution in [2.24, 2.45) is 0 Å². The van der Waals surface area contributed by atoms with Crippen molar-refractivity contribution in [3.05, 3.63) is 88.2 Å². The second kappa shape index (κ2) is 9.57. The topological polar surface area (TPSA) is 33.1 Å². The molecule has 0 aliphatic heterocycles. The van der Waals surface area contributed by atoms with Crippen molar-refractivity contribution in [2.45, 2.75) is 65.7 Å². The number of benzene rings is 2. The lowest BCUT2D eigenvalue weighted by Crippen LogP contribution is -2.26. The van der Waals surface area contributed by atoms with Gasteiger partial charge in [-0.15, -0.1) is 0 Å². The highest BCUT2D eigenvalue weighted by Gasteiger charge is 2.31. The molecule has 1 N–H and O–H groups in total. The smallest absolute Gasteiger partial charge is 0.0434 e. The van der Waals surface area contributed by atoms with Gasteiger partial charge in [0.15, 0.2) is 0 Å². The summed E-state index contributed by atoms with van der Waals surface area (Å²) < 4.78 is 0. The van der Waals surface area contributed by atoms with Gasteiger partial charge in [0.05, 0.1) is 0 Å². The van der Waals surface area contributed by atoms with Crippen molar-refractivity contribution in [2.75, 3.05) is 6.61 Å². The molecule has 2 aromatic carbocycles. The summed E-state index contributed by atoms with van der Waals surface area (Å²) in [5, 5.41) is 9.17. The first-order chi connectivity index (χ1) is 14.4. The van der Waals surface area contributed by atoms with Gasteiger partial charge >= 0.3 is 0 Å². The fourth-order valence-electron chi connectivity index (χ4n) is 4.76. The van der Waals surface area contributed by atoms with Crippen LogP contribution in [0.4, 0.5) is 0 Å².